The average molecular weight is 278 g/mol. The average Bonchev–Trinajstić information content (AvgIpc) is 3.13. The fraction of sp³-hybridized carbons (Fsp3) is 0.368. The van der Waals surface area contributed by atoms with Crippen molar-refractivity contribution in [3.8, 4) is 0 Å². The molecule has 0 radical (unpaired) electrons. The van der Waals surface area contributed by atoms with Crippen LogP contribution in [0.15, 0.2) is 30.3 Å². The Balaban J connectivity index is 1.70. The van der Waals surface area contributed by atoms with Gasteiger partial charge in [-0.15, -0.1) is 0 Å². The first-order valence-electron chi connectivity index (χ1n) is 7.80. The molecule has 2 aromatic carbocycles. The molecule has 1 saturated carbocycles. The van der Waals surface area contributed by atoms with Gasteiger partial charge in [-0.05, 0) is 79.1 Å². The third-order valence-electron chi connectivity index (χ3n) is 5.23. The molecular formula is C19H22N2. The summed E-state index contributed by atoms with van der Waals surface area (Å²) in [6.07, 6.45) is 3.69. The Morgan fingerprint density at radius 3 is 2.48 bits per heavy atom. The number of nitrogen functional groups attached to an aromatic ring is 1. The lowest BCUT2D eigenvalue weighted by molar-refractivity contribution is 0.776. The number of aryl methyl sites for hydroxylation is 2. The molecule has 1 aliphatic carbocycles. The van der Waals surface area contributed by atoms with Gasteiger partial charge in [-0.25, -0.2) is 0 Å². The van der Waals surface area contributed by atoms with Gasteiger partial charge in [0.1, 0.15) is 0 Å². The summed E-state index contributed by atoms with van der Waals surface area (Å²) >= 11 is 0. The zero-order valence-corrected chi connectivity index (χ0v) is 12.8. The van der Waals surface area contributed by atoms with E-state index in [0.29, 0.717) is 5.41 Å². The second-order valence-corrected chi connectivity index (χ2v) is 6.82. The summed E-state index contributed by atoms with van der Waals surface area (Å²) in [5.41, 5.74) is 15.6. The molecule has 1 spiro atoms. The first kappa shape index (κ1) is 12.8. The highest BCUT2D eigenvalue weighted by atomic mass is 15.0. The molecule has 2 aliphatic rings. The second-order valence-electron chi connectivity index (χ2n) is 6.82. The Hall–Kier alpha value is -1.96. The van der Waals surface area contributed by atoms with Crippen LogP contribution >= 0.6 is 0 Å². The smallest absolute Gasteiger partial charge is 0.0379 e. The molecule has 0 aromatic heterocycles. The van der Waals surface area contributed by atoms with Crippen molar-refractivity contribution in [2.45, 2.75) is 38.5 Å². The summed E-state index contributed by atoms with van der Waals surface area (Å²) in [6.45, 7) is 5.46. The first-order chi connectivity index (χ1) is 10.1. The fourth-order valence-corrected chi connectivity index (χ4v) is 3.76. The molecule has 21 heavy (non-hydrogen) atoms. The van der Waals surface area contributed by atoms with Gasteiger partial charge < -0.3 is 11.1 Å². The van der Waals surface area contributed by atoms with Gasteiger partial charge in [0.25, 0.3) is 0 Å². The van der Waals surface area contributed by atoms with Crippen molar-refractivity contribution in [3.63, 3.8) is 0 Å². The third kappa shape index (κ3) is 2.01. The molecule has 4 rings (SSSR count). The van der Waals surface area contributed by atoms with Crippen LogP contribution in [0.3, 0.4) is 0 Å². The molecule has 0 amide bonds. The minimum absolute atomic E-state index is 0.469. The van der Waals surface area contributed by atoms with Crippen molar-refractivity contribution in [3.05, 3.63) is 58.1 Å². The summed E-state index contributed by atoms with van der Waals surface area (Å²) in [5.74, 6) is 0. The van der Waals surface area contributed by atoms with Gasteiger partial charge in [0.15, 0.2) is 0 Å². The van der Waals surface area contributed by atoms with Crippen LogP contribution in [0.25, 0.3) is 0 Å². The van der Waals surface area contributed by atoms with E-state index in [4.69, 9.17) is 5.73 Å². The van der Waals surface area contributed by atoms with Gasteiger partial charge in [-0.2, -0.15) is 0 Å². The summed E-state index contributed by atoms with van der Waals surface area (Å²) in [7, 11) is 0. The van der Waals surface area contributed by atoms with Crippen molar-refractivity contribution in [2.75, 3.05) is 17.6 Å². The minimum atomic E-state index is 0.469. The Morgan fingerprint density at radius 2 is 1.81 bits per heavy atom. The van der Waals surface area contributed by atoms with Gasteiger partial charge in [0.05, 0.1) is 0 Å². The van der Waals surface area contributed by atoms with Gasteiger partial charge >= 0.3 is 0 Å². The summed E-state index contributed by atoms with van der Waals surface area (Å²) in [6, 6.07) is 11.1. The largest absolute Gasteiger partial charge is 0.399 e. The van der Waals surface area contributed by atoms with E-state index in [9.17, 15) is 0 Å². The number of fused-ring (bicyclic) bond motifs is 2. The number of rotatable bonds is 2. The van der Waals surface area contributed by atoms with Crippen molar-refractivity contribution < 1.29 is 0 Å². The van der Waals surface area contributed by atoms with E-state index in [-0.39, 0.29) is 0 Å². The summed E-state index contributed by atoms with van der Waals surface area (Å²) in [5, 5.41) is 3.56. The maximum atomic E-state index is 5.93. The molecule has 0 bridgehead atoms. The normalized spacial score (nSPS) is 17.6. The zero-order valence-electron chi connectivity index (χ0n) is 12.8. The Bertz CT molecular complexity index is 703. The summed E-state index contributed by atoms with van der Waals surface area (Å²) < 4.78 is 0. The molecule has 108 valence electrons. The van der Waals surface area contributed by atoms with Crippen LogP contribution in [-0.2, 0) is 11.8 Å². The maximum Gasteiger partial charge on any atom is 0.0379 e. The first-order valence-corrected chi connectivity index (χ1v) is 7.80. The molecule has 0 saturated heterocycles. The second kappa shape index (κ2) is 4.27. The molecular weight excluding hydrogens is 256 g/mol. The van der Waals surface area contributed by atoms with Crippen LogP contribution < -0.4 is 11.1 Å². The number of hydrogen-bond acceptors (Lipinski definition) is 2. The number of nitrogens with one attached hydrogen (secondary N) is 1. The highest BCUT2D eigenvalue weighted by Crippen LogP contribution is 2.54. The number of nitrogens with two attached hydrogens (primary N) is 1. The van der Waals surface area contributed by atoms with E-state index >= 15 is 0 Å². The number of hydrogen-bond donors (Lipinski definition) is 2. The zero-order chi connectivity index (χ0) is 14.6. The maximum absolute atomic E-state index is 5.93. The molecule has 1 fully saturated rings. The number of benzene rings is 2. The van der Waals surface area contributed by atoms with Crippen molar-refractivity contribution in [1.82, 2.24) is 0 Å². The molecule has 1 heterocycles. The third-order valence-corrected chi connectivity index (χ3v) is 5.23. The Morgan fingerprint density at radius 1 is 1.10 bits per heavy atom. The van der Waals surface area contributed by atoms with Crippen LogP contribution in [-0.4, -0.2) is 6.54 Å². The highest BCUT2D eigenvalue weighted by molar-refractivity contribution is 5.64. The highest BCUT2D eigenvalue weighted by Gasteiger charge is 2.48. The standard InChI is InChI=1S/C19H22N2/c1-12-7-15(20)8-13(2)16(12)9-14-3-4-18-17(10-14)19(5-6-19)11-21-18/h3-4,7-8,10,21H,5-6,9,11,20H2,1-2H3. The van der Waals surface area contributed by atoms with Gasteiger partial charge in [-0.3, -0.25) is 0 Å². The van der Waals surface area contributed by atoms with Crippen LogP contribution in [0.4, 0.5) is 11.4 Å². The minimum Gasteiger partial charge on any atom is -0.399 e. The Labute approximate surface area is 126 Å². The van der Waals surface area contributed by atoms with E-state index in [1.807, 2.05) is 0 Å². The van der Waals surface area contributed by atoms with E-state index in [1.165, 1.54) is 40.8 Å². The van der Waals surface area contributed by atoms with Gasteiger partial charge in [-0.1, -0.05) is 12.1 Å². The van der Waals surface area contributed by atoms with E-state index in [1.54, 1.807) is 5.56 Å². The van der Waals surface area contributed by atoms with Gasteiger partial charge in [0.2, 0.25) is 0 Å². The molecule has 3 N–H and O–H groups in total. The molecule has 1 aliphatic heterocycles. The van der Waals surface area contributed by atoms with Crippen molar-refractivity contribution in [2.24, 2.45) is 0 Å². The topological polar surface area (TPSA) is 38.0 Å². The molecule has 0 atom stereocenters. The molecule has 2 heteroatoms. The van der Waals surface area contributed by atoms with E-state index in [2.05, 4.69) is 49.5 Å². The van der Waals surface area contributed by atoms with Crippen LogP contribution in [0, 0.1) is 13.8 Å². The van der Waals surface area contributed by atoms with Crippen LogP contribution in [0.1, 0.15) is 40.7 Å². The Kier molecular flexibility index (Phi) is 2.59. The van der Waals surface area contributed by atoms with Crippen molar-refractivity contribution >= 4 is 11.4 Å². The summed E-state index contributed by atoms with van der Waals surface area (Å²) in [4.78, 5) is 0. The van der Waals surface area contributed by atoms with E-state index < -0.39 is 0 Å². The lowest BCUT2D eigenvalue weighted by Crippen LogP contribution is -2.08. The van der Waals surface area contributed by atoms with E-state index in [0.717, 1.165) is 18.7 Å². The lowest BCUT2D eigenvalue weighted by Gasteiger charge is -2.13. The quantitative estimate of drug-likeness (QED) is 0.817. The van der Waals surface area contributed by atoms with Crippen LogP contribution in [0.2, 0.25) is 0 Å². The van der Waals surface area contributed by atoms with Gasteiger partial charge in [0, 0.05) is 23.3 Å². The monoisotopic (exact) mass is 278 g/mol. The predicted octanol–water partition coefficient (Wildman–Crippen LogP) is 3.93. The van der Waals surface area contributed by atoms with Crippen LogP contribution in [0.5, 0.6) is 0 Å². The molecule has 2 nitrogen and oxygen atoms in total. The predicted molar refractivity (Wildman–Crippen MR) is 89.0 cm³/mol. The molecule has 0 unspecified atom stereocenters. The number of anilines is 2. The lowest BCUT2D eigenvalue weighted by atomic mass is 9.91. The molecule has 2 aromatic rings. The SMILES string of the molecule is Cc1cc(N)cc(C)c1Cc1ccc2c(c1)C1(CC1)CN2. The fourth-order valence-electron chi connectivity index (χ4n) is 3.76. The van der Waals surface area contributed by atoms with Crippen molar-refractivity contribution in [1.29, 1.82) is 0 Å².